The topological polar surface area (TPSA) is 125 Å². The molecular weight excluding hydrogens is 380 g/mol. The first-order valence-electron chi connectivity index (χ1n) is 8.73. The SMILES string of the molecule is Cc1ccc(S(=O)(=O)Nc2ccccc2-c2n[nH]c(C3CC3)n2)cc1C(=O)O. The molecule has 9 heteroatoms. The summed E-state index contributed by atoms with van der Waals surface area (Å²) in [5.41, 5.74) is 1.29. The van der Waals surface area contributed by atoms with Gasteiger partial charge in [-0.3, -0.25) is 9.82 Å². The molecule has 1 saturated carbocycles. The van der Waals surface area contributed by atoms with Crippen LogP contribution in [0.3, 0.4) is 0 Å². The zero-order valence-electron chi connectivity index (χ0n) is 15.0. The Balaban J connectivity index is 1.69. The summed E-state index contributed by atoms with van der Waals surface area (Å²) in [6.07, 6.45) is 2.14. The minimum Gasteiger partial charge on any atom is -0.478 e. The number of benzene rings is 2. The number of aromatic nitrogens is 3. The predicted molar refractivity (Wildman–Crippen MR) is 103 cm³/mol. The Morgan fingerprint density at radius 2 is 1.96 bits per heavy atom. The molecule has 0 aliphatic heterocycles. The number of aryl methyl sites for hydroxylation is 1. The lowest BCUT2D eigenvalue weighted by molar-refractivity contribution is 0.0696. The third kappa shape index (κ3) is 3.48. The number of hydrogen-bond acceptors (Lipinski definition) is 5. The fourth-order valence-electron chi connectivity index (χ4n) is 2.90. The molecule has 1 aliphatic rings. The second kappa shape index (κ2) is 6.75. The molecule has 4 rings (SSSR count). The molecule has 0 atom stereocenters. The maximum absolute atomic E-state index is 12.8. The molecule has 1 heterocycles. The highest BCUT2D eigenvalue weighted by Crippen LogP contribution is 2.39. The van der Waals surface area contributed by atoms with Crippen molar-refractivity contribution in [2.24, 2.45) is 0 Å². The number of nitrogens with one attached hydrogen (secondary N) is 2. The Hall–Kier alpha value is -3.20. The van der Waals surface area contributed by atoms with E-state index < -0.39 is 16.0 Å². The van der Waals surface area contributed by atoms with E-state index in [9.17, 15) is 18.3 Å². The first kappa shape index (κ1) is 18.2. The number of aromatic carboxylic acids is 1. The van der Waals surface area contributed by atoms with Gasteiger partial charge in [0.1, 0.15) is 5.82 Å². The van der Waals surface area contributed by atoms with Crippen LogP contribution in [0, 0.1) is 6.92 Å². The minimum atomic E-state index is -3.99. The molecule has 1 fully saturated rings. The molecule has 3 aromatic rings. The van der Waals surface area contributed by atoms with Crippen LogP contribution < -0.4 is 4.72 Å². The fourth-order valence-corrected chi connectivity index (χ4v) is 4.01. The standard InChI is InChI=1S/C19H18N4O4S/c1-11-6-9-13(10-15(11)19(24)25)28(26,27)23-16-5-3-2-4-14(16)18-20-17(21-22-18)12-7-8-12/h2-6,9-10,12,23H,7-8H2,1H3,(H,24,25)(H,20,21,22). The number of carboxylic acid groups (broad SMARTS) is 1. The van der Waals surface area contributed by atoms with E-state index in [4.69, 9.17) is 0 Å². The van der Waals surface area contributed by atoms with E-state index in [-0.39, 0.29) is 10.5 Å². The maximum Gasteiger partial charge on any atom is 0.335 e. The number of anilines is 1. The number of para-hydroxylation sites is 1. The number of aromatic amines is 1. The molecule has 8 nitrogen and oxygen atoms in total. The van der Waals surface area contributed by atoms with Gasteiger partial charge in [-0.25, -0.2) is 18.2 Å². The van der Waals surface area contributed by atoms with Gasteiger partial charge in [0.15, 0.2) is 5.82 Å². The molecule has 1 aliphatic carbocycles. The van der Waals surface area contributed by atoms with Crippen molar-refractivity contribution >= 4 is 21.7 Å². The van der Waals surface area contributed by atoms with Crippen LogP contribution in [0.1, 0.15) is 40.5 Å². The fraction of sp³-hybridized carbons (Fsp3) is 0.211. The summed E-state index contributed by atoms with van der Waals surface area (Å²) >= 11 is 0. The van der Waals surface area contributed by atoms with E-state index in [1.165, 1.54) is 12.1 Å². The highest BCUT2D eigenvalue weighted by molar-refractivity contribution is 7.92. The smallest absolute Gasteiger partial charge is 0.335 e. The molecular formula is C19H18N4O4S. The van der Waals surface area contributed by atoms with Crippen molar-refractivity contribution in [3.8, 4) is 11.4 Å². The molecule has 144 valence electrons. The van der Waals surface area contributed by atoms with Crippen molar-refractivity contribution in [3.05, 3.63) is 59.4 Å². The molecule has 0 amide bonds. The van der Waals surface area contributed by atoms with E-state index in [1.807, 2.05) is 0 Å². The largest absolute Gasteiger partial charge is 0.478 e. The number of sulfonamides is 1. The van der Waals surface area contributed by atoms with Crippen LogP contribution in [-0.2, 0) is 10.0 Å². The Labute approximate surface area is 161 Å². The lowest BCUT2D eigenvalue weighted by Gasteiger charge is -2.12. The molecule has 0 saturated heterocycles. The molecule has 0 bridgehead atoms. The van der Waals surface area contributed by atoms with Gasteiger partial charge in [-0.15, -0.1) is 0 Å². The van der Waals surface area contributed by atoms with Gasteiger partial charge in [0.05, 0.1) is 16.1 Å². The van der Waals surface area contributed by atoms with E-state index in [2.05, 4.69) is 19.9 Å². The normalized spacial score (nSPS) is 14.0. The number of H-pyrrole nitrogens is 1. The van der Waals surface area contributed by atoms with Gasteiger partial charge in [-0.05, 0) is 49.6 Å². The van der Waals surface area contributed by atoms with Crippen molar-refractivity contribution in [3.63, 3.8) is 0 Å². The molecule has 0 unspecified atom stereocenters. The Morgan fingerprint density at radius 3 is 2.68 bits per heavy atom. The van der Waals surface area contributed by atoms with Crippen LogP contribution in [0.5, 0.6) is 0 Å². The van der Waals surface area contributed by atoms with Crippen molar-refractivity contribution in [2.75, 3.05) is 4.72 Å². The summed E-state index contributed by atoms with van der Waals surface area (Å²) < 4.78 is 28.2. The second-order valence-electron chi connectivity index (χ2n) is 6.75. The molecule has 0 radical (unpaired) electrons. The van der Waals surface area contributed by atoms with Gasteiger partial charge in [0.25, 0.3) is 10.0 Å². The minimum absolute atomic E-state index is 0.0563. The van der Waals surface area contributed by atoms with Gasteiger partial charge < -0.3 is 5.11 Å². The predicted octanol–water partition coefficient (Wildman–Crippen LogP) is 3.16. The van der Waals surface area contributed by atoms with Crippen LogP contribution in [0.4, 0.5) is 5.69 Å². The molecule has 28 heavy (non-hydrogen) atoms. The van der Waals surface area contributed by atoms with Gasteiger partial charge in [0, 0.05) is 11.5 Å². The molecule has 0 spiro atoms. The van der Waals surface area contributed by atoms with E-state index in [1.54, 1.807) is 31.2 Å². The van der Waals surface area contributed by atoms with Gasteiger partial charge in [-0.1, -0.05) is 18.2 Å². The molecule has 1 aromatic heterocycles. The number of nitrogens with zero attached hydrogens (tertiary/aromatic N) is 2. The summed E-state index contributed by atoms with van der Waals surface area (Å²) in [5, 5.41) is 16.4. The molecule has 2 aromatic carbocycles. The maximum atomic E-state index is 12.8. The van der Waals surface area contributed by atoms with Gasteiger partial charge in [-0.2, -0.15) is 5.10 Å². The third-order valence-corrected chi connectivity index (χ3v) is 5.99. The summed E-state index contributed by atoms with van der Waals surface area (Å²) in [6, 6.07) is 10.8. The highest BCUT2D eigenvalue weighted by Gasteiger charge is 2.28. The molecule has 3 N–H and O–H groups in total. The number of rotatable bonds is 6. The Morgan fingerprint density at radius 1 is 1.21 bits per heavy atom. The Kier molecular flexibility index (Phi) is 4.38. The summed E-state index contributed by atoms with van der Waals surface area (Å²) in [4.78, 5) is 15.7. The summed E-state index contributed by atoms with van der Waals surface area (Å²) in [7, 11) is -3.99. The first-order chi connectivity index (χ1) is 13.3. The highest BCUT2D eigenvalue weighted by atomic mass is 32.2. The van der Waals surface area contributed by atoms with Crippen molar-refractivity contribution in [2.45, 2.75) is 30.6 Å². The van der Waals surface area contributed by atoms with Crippen molar-refractivity contribution in [1.29, 1.82) is 0 Å². The number of carboxylic acids is 1. The van der Waals surface area contributed by atoms with Crippen LogP contribution in [-0.4, -0.2) is 34.7 Å². The lowest BCUT2D eigenvalue weighted by Crippen LogP contribution is -2.15. The van der Waals surface area contributed by atoms with Crippen LogP contribution >= 0.6 is 0 Å². The third-order valence-electron chi connectivity index (χ3n) is 4.63. The lowest BCUT2D eigenvalue weighted by atomic mass is 10.1. The second-order valence-corrected chi connectivity index (χ2v) is 8.43. The zero-order chi connectivity index (χ0) is 19.9. The summed E-state index contributed by atoms with van der Waals surface area (Å²) in [5.74, 6) is 0.433. The van der Waals surface area contributed by atoms with Gasteiger partial charge >= 0.3 is 5.97 Å². The average molecular weight is 398 g/mol. The van der Waals surface area contributed by atoms with Gasteiger partial charge in [0.2, 0.25) is 0 Å². The Bertz CT molecular complexity index is 1170. The van der Waals surface area contributed by atoms with Crippen LogP contribution in [0.15, 0.2) is 47.4 Å². The van der Waals surface area contributed by atoms with E-state index in [0.29, 0.717) is 28.6 Å². The van der Waals surface area contributed by atoms with E-state index in [0.717, 1.165) is 24.7 Å². The zero-order valence-corrected chi connectivity index (χ0v) is 15.8. The average Bonchev–Trinajstić information content (AvgIpc) is 3.39. The van der Waals surface area contributed by atoms with E-state index >= 15 is 0 Å². The van der Waals surface area contributed by atoms with Crippen molar-refractivity contribution in [1.82, 2.24) is 15.2 Å². The quantitative estimate of drug-likeness (QED) is 0.586. The first-order valence-corrected chi connectivity index (χ1v) is 10.2. The van der Waals surface area contributed by atoms with Crippen LogP contribution in [0.2, 0.25) is 0 Å². The monoisotopic (exact) mass is 398 g/mol. The van der Waals surface area contributed by atoms with Crippen LogP contribution in [0.25, 0.3) is 11.4 Å². The van der Waals surface area contributed by atoms with Crippen molar-refractivity contribution < 1.29 is 18.3 Å². The number of hydrogen-bond donors (Lipinski definition) is 3. The number of carbonyl (C=O) groups is 1. The summed E-state index contributed by atoms with van der Waals surface area (Å²) in [6.45, 7) is 1.61.